The summed E-state index contributed by atoms with van der Waals surface area (Å²) in [7, 11) is 0. The molecule has 0 saturated heterocycles. The van der Waals surface area contributed by atoms with Gasteiger partial charge in [-0.05, 0) is 19.4 Å². The molecule has 13 heavy (non-hydrogen) atoms. The van der Waals surface area contributed by atoms with E-state index in [-0.39, 0.29) is 5.91 Å². The predicted octanol–water partition coefficient (Wildman–Crippen LogP) is 2.19. The molecule has 0 spiro atoms. The molecule has 70 valence electrons. The van der Waals surface area contributed by atoms with Crippen molar-refractivity contribution >= 4 is 5.91 Å². The molecule has 0 N–H and O–H groups in total. The van der Waals surface area contributed by atoms with Crippen molar-refractivity contribution in [2.45, 2.75) is 20.8 Å². The lowest BCUT2D eigenvalue weighted by atomic mass is 10.1. The van der Waals surface area contributed by atoms with Crippen LogP contribution in [0.25, 0.3) is 0 Å². The van der Waals surface area contributed by atoms with Crippen molar-refractivity contribution in [1.82, 2.24) is 0 Å². The van der Waals surface area contributed by atoms with E-state index >= 15 is 0 Å². The Hall–Kier alpha value is -1.45. The lowest BCUT2D eigenvalue weighted by Gasteiger charge is -2.12. The van der Waals surface area contributed by atoms with E-state index in [1.54, 1.807) is 6.26 Å². The monoisotopic (exact) mass is 180 g/mol. The van der Waals surface area contributed by atoms with Crippen LogP contribution in [0.1, 0.15) is 20.8 Å². The van der Waals surface area contributed by atoms with E-state index in [4.69, 9.17) is 4.74 Å². The first-order valence-electron chi connectivity index (χ1n) is 4.02. The lowest BCUT2D eigenvalue weighted by molar-refractivity contribution is -0.116. The molecule has 0 bridgehead atoms. The zero-order valence-electron chi connectivity index (χ0n) is 8.00. The summed E-state index contributed by atoms with van der Waals surface area (Å²) in [5, 5.41) is 7.33. The lowest BCUT2D eigenvalue weighted by Crippen LogP contribution is -2.02. The molecule has 0 atom stereocenters. The van der Waals surface area contributed by atoms with Gasteiger partial charge < -0.3 is 4.74 Å². The minimum absolute atomic E-state index is 0.292. The van der Waals surface area contributed by atoms with Gasteiger partial charge in [-0.15, -0.1) is 10.2 Å². The molecule has 1 aliphatic rings. The highest BCUT2D eigenvalue weighted by Crippen LogP contribution is 2.20. The van der Waals surface area contributed by atoms with E-state index in [1.165, 1.54) is 6.92 Å². The Morgan fingerprint density at radius 1 is 1.54 bits per heavy atom. The van der Waals surface area contributed by atoms with Crippen LogP contribution in [0.5, 0.6) is 0 Å². The zero-order valence-corrected chi connectivity index (χ0v) is 8.00. The van der Waals surface area contributed by atoms with E-state index < -0.39 is 0 Å². The minimum Gasteiger partial charge on any atom is -0.496 e. The average molecular weight is 180 g/mol. The van der Waals surface area contributed by atoms with Crippen molar-refractivity contribution in [2.75, 3.05) is 6.61 Å². The third kappa shape index (κ3) is 2.50. The molecular weight excluding hydrogens is 168 g/mol. The number of nitrogens with zero attached hydrogens (tertiary/aromatic N) is 2. The van der Waals surface area contributed by atoms with Gasteiger partial charge in [-0.2, -0.15) is 0 Å². The third-order valence-corrected chi connectivity index (χ3v) is 1.63. The van der Waals surface area contributed by atoms with Gasteiger partial charge in [0.15, 0.2) is 0 Å². The Bertz CT molecular complexity index is 314. The van der Waals surface area contributed by atoms with Gasteiger partial charge in [-0.25, -0.2) is 0 Å². The molecule has 0 unspecified atom stereocenters. The smallest absolute Gasteiger partial charge is 0.261 e. The molecular formula is C9H12N2O2. The number of azo groups is 1. The summed E-state index contributed by atoms with van der Waals surface area (Å²) >= 11 is 0. The normalized spacial score (nSPS) is 17.3. The maximum absolute atomic E-state index is 10.6. The number of hydrogen-bond donors (Lipinski definition) is 0. The number of ether oxygens (including phenoxy) is 1. The van der Waals surface area contributed by atoms with Crippen molar-refractivity contribution in [1.29, 1.82) is 0 Å². The number of amides is 1. The SMILES string of the molecule is CC(=O)N=NC1=C(C)COC=C1C. The molecule has 1 rings (SSSR count). The molecule has 0 aromatic heterocycles. The molecule has 0 aromatic rings. The fourth-order valence-electron chi connectivity index (χ4n) is 1.04. The van der Waals surface area contributed by atoms with Gasteiger partial charge in [0.25, 0.3) is 5.91 Å². The fourth-order valence-corrected chi connectivity index (χ4v) is 1.04. The summed E-state index contributed by atoms with van der Waals surface area (Å²) in [6, 6.07) is 0. The van der Waals surface area contributed by atoms with Crippen LogP contribution in [0.2, 0.25) is 0 Å². The Labute approximate surface area is 77.0 Å². The molecule has 4 heteroatoms. The van der Waals surface area contributed by atoms with Crippen molar-refractivity contribution in [3.05, 3.63) is 23.1 Å². The van der Waals surface area contributed by atoms with Gasteiger partial charge in [0.2, 0.25) is 0 Å². The van der Waals surface area contributed by atoms with Gasteiger partial charge in [0.05, 0.1) is 12.0 Å². The Balaban J connectivity index is 2.88. The van der Waals surface area contributed by atoms with Gasteiger partial charge in [-0.1, -0.05) is 0 Å². The highest BCUT2D eigenvalue weighted by Gasteiger charge is 2.09. The van der Waals surface area contributed by atoms with E-state index in [2.05, 4.69) is 10.2 Å². The molecule has 0 fully saturated rings. The highest BCUT2D eigenvalue weighted by molar-refractivity contribution is 5.73. The molecule has 4 nitrogen and oxygen atoms in total. The Morgan fingerprint density at radius 2 is 2.23 bits per heavy atom. The minimum atomic E-state index is -0.292. The van der Waals surface area contributed by atoms with Gasteiger partial charge in [0, 0.05) is 12.5 Å². The number of carbonyl (C=O) groups is 1. The Morgan fingerprint density at radius 3 is 2.77 bits per heavy atom. The topological polar surface area (TPSA) is 51.0 Å². The summed E-state index contributed by atoms with van der Waals surface area (Å²) < 4.78 is 5.12. The number of carbonyl (C=O) groups excluding carboxylic acids is 1. The van der Waals surface area contributed by atoms with Crippen LogP contribution in [0.4, 0.5) is 0 Å². The number of rotatable bonds is 1. The number of allylic oxidation sites excluding steroid dienone is 1. The molecule has 0 aromatic carbocycles. The molecule has 1 heterocycles. The van der Waals surface area contributed by atoms with Crippen molar-refractivity contribution in [3.8, 4) is 0 Å². The second-order valence-corrected chi connectivity index (χ2v) is 2.96. The van der Waals surface area contributed by atoms with Crippen LogP contribution in [0, 0.1) is 0 Å². The second kappa shape index (κ2) is 3.98. The molecule has 1 amide bonds. The molecule has 1 aliphatic heterocycles. The molecule has 0 saturated carbocycles. The first kappa shape index (κ1) is 9.64. The van der Waals surface area contributed by atoms with E-state index in [9.17, 15) is 4.79 Å². The van der Waals surface area contributed by atoms with Crippen LogP contribution >= 0.6 is 0 Å². The third-order valence-electron chi connectivity index (χ3n) is 1.63. The largest absolute Gasteiger partial charge is 0.496 e. The fraction of sp³-hybridized carbons (Fsp3) is 0.444. The van der Waals surface area contributed by atoms with E-state index in [0.717, 1.165) is 16.8 Å². The number of hydrogen-bond acceptors (Lipinski definition) is 3. The first-order chi connectivity index (χ1) is 6.11. The van der Waals surface area contributed by atoms with Crippen LogP contribution in [-0.4, -0.2) is 12.5 Å². The Kier molecular flexibility index (Phi) is 2.95. The van der Waals surface area contributed by atoms with Crippen molar-refractivity contribution < 1.29 is 9.53 Å². The summed E-state index contributed by atoms with van der Waals surface area (Å²) in [6.45, 7) is 5.67. The maximum atomic E-state index is 10.6. The zero-order chi connectivity index (χ0) is 9.84. The second-order valence-electron chi connectivity index (χ2n) is 2.96. The van der Waals surface area contributed by atoms with Gasteiger partial charge >= 0.3 is 0 Å². The molecule has 0 aliphatic carbocycles. The van der Waals surface area contributed by atoms with Crippen LogP contribution in [0.3, 0.4) is 0 Å². The molecule has 0 radical (unpaired) electrons. The summed E-state index contributed by atoms with van der Waals surface area (Å²) in [5.74, 6) is -0.292. The van der Waals surface area contributed by atoms with E-state index in [0.29, 0.717) is 6.61 Å². The van der Waals surface area contributed by atoms with E-state index in [1.807, 2.05) is 13.8 Å². The van der Waals surface area contributed by atoms with Crippen molar-refractivity contribution in [3.63, 3.8) is 0 Å². The van der Waals surface area contributed by atoms with Gasteiger partial charge in [0.1, 0.15) is 6.61 Å². The predicted molar refractivity (Wildman–Crippen MR) is 47.9 cm³/mol. The van der Waals surface area contributed by atoms with Crippen LogP contribution in [-0.2, 0) is 9.53 Å². The standard InChI is InChI=1S/C9H12N2O2/c1-6-4-13-5-7(2)9(6)11-10-8(3)12/h4H,5H2,1-3H3. The van der Waals surface area contributed by atoms with Crippen molar-refractivity contribution in [2.24, 2.45) is 10.2 Å². The summed E-state index contributed by atoms with van der Waals surface area (Å²) in [6.07, 6.45) is 1.63. The summed E-state index contributed by atoms with van der Waals surface area (Å²) in [4.78, 5) is 10.6. The van der Waals surface area contributed by atoms with Gasteiger partial charge in [-0.3, -0.25) is 4.79 Å². The maximum Gasteiger partial charge on any atom is 0.261 e. The summed E-state index contributed by atoms with van der Waals surface area (Å²) in [5.41, 5.74) is 2.64. The van der Waals surface area contributed by atoms with Crippen LogP contribution < -0.4 is 0 Å². The van der Waals surface area contributed by atoms with Crippen LogP contribution in [0.15, 0.2) is 33.3 Å². The highest BCUT2D eigenvalue weighted by atomic mass is 16.5. The average Bonchev–Trinajstić information content (AvgIpc) is 2.03. The first-order valence-corrected chi connectivity index (χ1v) is 4.02. The quantitative estimate of drug-likeness (QED) is 0.581.